The third kappa shape index (κ3) is 1.83. The van der Waals surface area contributed by atoms with Crippen LogP contribution in [0, 0.1) is 0 Å². The zero-order chi connectivity index (χ0) is 11.8. The molecule has 0 saturated carbocycles. The van der Waals surface area contributed by atoms with Crippen molar-refractivity contribution in [3.05, 3.63) is 41.2 Å². The summed E-state index contributed by atoms with van der Waals surface area (Å²) in [4.78, 5) is 26.9. The molecule has 3 rings (SSSR count). The van der Waals surface area contributed by atoms with E-state index >= 15 is 0 Å². The first kappa shape index (κ1) is 10.1. The quantitative estimate of drug-likeness (QED) is 0.776. The van der Waals surface area contributed by atoms with Crippen LogP contribution in [0.25, 0.3) is 11.7 Å². The smallest absolute Gasteiger partial charge is 0.290 e. The first-order valence-electron chi connectivity index (χ1n) is 4.90. The lowest BCUT2D eigenvalue weighted by molar-refractivity contribution is -0.115. The van der Waals surface area contributed by atoms with Crippen molar-refractivity contribution in [2.75, 3.05) is 0 Å². The van der Waals surface area contributed by atoms with Crippen molar-refractivity contribution in [1.29, 1.82) is 0 Å². The van der Waals surface area contributed by atoms with Gasteiger partial charge >= 0.3 is 0 Å². The van der Waals surface area contributed by atoms with E-state index in [1.54, 1.807) is 12.3 Å². The summed E-state index contributed by atoms with van der Waals surface area (Å²) < 4.78 is 1.85. The lowest BCUT2D eigenvalue weighted by Gasteiger charge is -1.97. The molecule has 0 aliphatic carbocycles. The molecule has 0 spiro atoms. The predicted molar refractivity (Wildman–Crippen MR) is 64.3 cm³/mol. The molecule has 0 atom stereocenters. The third-order valence-electron chi connectivity index (χ3n) is 2.35. The Kier molecular flexibility index (Phi) is 2.22. The second kappa shape index (κ2) is 3.74. The highest BCUT2D eigenvalue weighted by atomic mass is 32.2. The maximum atomic E-state index is 11.4. The van der Waals surface area contributed by atoms with Gasteiger partial charge in [-0.15, -0.1) is 0 Å². The number of pyridine rings is 1. The van der Waals surface area contributed by atoms with Gasteiger partial charge in [0.1, 0.15) is 5.65 Å². The van der Waals surface area contributed by atoms with E-state index in [1.807, 2.05) is 28.9 Å². The number of nitrogens with one attached hydrogen (secondary N) is 1. The number of hydrogen-bond donors (Lipinski definition) is 1. The molecule has 5 nitrogen and oxygen atoms in total. The normalized spacial score (nSPS) is 18.0. The Labute approximate surface area is 101 Å². The Hall–Kier alpha value is -2.08. The summed E-state index contributed by atoms with van der Waals surface area (Å²) >= 11 is 0.913. The van der Waals surface area contributed by atoms with Gasteiger partial charge in [-0.1, -0.05) is 0 Å². The summed E-state index contributed by atoms with van der Waals surface area (Å²) in [5, 5.41) is 1.89. The number of thioether (sulfide) groups is 1. The van der Waals surface area contributed by atoms with Crippen molar-refractivity contribution in [1.82, 2.24) is 14.7 Å². The Bertz CT molecular complexity index is 660. The van der Waals surface area contributed by atoms with Crippen LogP contribution in [-0.4, -0.2) is 20.5 Å². The molecule has 2 aromatic heterocycles. The highest BCUT2D eigenvalue weighted by molar-refractivity contribution is 8.18. The van der Waals surface area contributed by atoms with Gasteiger partial charge in [-0.25, -0.2) is 4.98 Å². The second-order valence-electron chi connectivity index (χ2n) is 3.51. The topological polar surface area (TPSA) is 63.5 Å². The summed E-state index contributed by atoms with van der Waals surface area (Å²) in [5.74, 6) is -0.342. The van der Waals surface area contributed by atoms with E-state index in [0.717, 1.165) is 23.0 Å². The van der Waals surface area contributed by atoms with E-state index in [-0.39, 0.29) is 11.1 Å². The van der Waals surface area contributed by atoms with E-state index in [1.165, 1.54) is 0 Å². The van der Waals surface area contributed by atoms with Crippen molar-refractivity contribution in [3.63, 3.8) is 0 Å². The third-order valence-corrected chi connectivity index (χ3v) is 3.16. The first-order valence-corrected chi connectivity index (χ1v) is 5.71. The highest BCUT2D eigenvalue weighted by Gasteiger charge is 2.24. The monoisotopic (exact) mass is 245 g/mol. The second-order valence-corrected chi connectivity index (χ2v) is 4.52. The van der Waals surface area contributed by atoms with Crippen LogP contribution in [-0.2, 0) is 4.79 Å². The van der Waals surface area contributed by atoms with Crippen LogP contribution >= 0.6 is 11.8 Å². The molecule has 6 heteroatoms. The van der Waals surface area contributed by atoms with Gasteiger partial charge in [-0.2, -0.15) is 0 Å². The van der Waals surface area contributed by atoms with Crippen molar-refractivity contribution in [3.8, 4) is 0 Å². The molecule has 17 heavy (non-hydrogen) atoms. The molecule has 1 saturated heterocycles. The van der Waals surface area contributed by atoms with Gasteiger partial charge in [0.25, 0.3) is 11.1 Å². The average Bonchev–Trinajstić information content (AvgIpc) is 2.85. The van der Waals surface area contributed by atoms with Crippen LogP contribution in [0.3, 0.4) is 0 Å². The number of carbonyl (C=O) groups is 2. The number of fused-ring (bicyclic) bond motifs is 1. The van der Waals surface area contributed by atoms with E-state index in [9.17, 15) is 9.59 Å². The van der Waals surface area contributed by atoms with E-state index in [2.05, 4.69) is 10.3 Å². The van der Waals surface area contributed by atoms with Gasteiger partial charge < -0.3 is 4.40 Å². The zero-order valence-electron chi connectivity index (χ0n) is 8.58. The van der Waals surface area contributed by atoms with E-state index in [4.69, 9.17) is 0 Å². The summed E-state index contributed by atoms with van der Waals surface area (Å²) in [5.41, 5.74) is 1.69. The number of imide groups is 1. The lowest BCUT2D eigenvalue weighted by Crippen LogP contribution is -2.17. The molecule has 0 radical (unpaired) electrons. The summed E-state index contributed by atoms with van der Waals surface area (Å²) in [6, 6.07) is 3.71. The van der Waals surface area contributed by atoms with Crippen LogP contribution < -0.4 is 5.32 Å². The Balaban J connectivity index is 2.01. The molecule has 1 aliphatic heterocycles. The number of imidazole rings is 1. The van der Waals surface area contributed by atoms with Gasteiger partial charge in [0.15, 0.2) is 0 Å². The first-order chi connectivity index (χ1) is 8.22. The van der Waals surface area contributed by atoms with Gasteiger partial charge in [-0.05, 0) is 35.5 Å². The standard InChI is InChI=1S/C11H7N3O2S/c15-10-8(17-11(16)13-10)5-7-1-2-9-12-3-4-14(9)6-7/h1-6H,(H,13,15,16)/b8-5-. The fraction of sp³-hybridized carbons (Fsp3) is 0. The highest BCUT2D eigenvalue weighted by Crippen LogP contribution is 2.25. The summed E-state index contributed by atoms with van der Waals surface area (Å²) in [7, 11) is 0. The SMILES string of the molecule is O=C1NC(=O)/C(=C/c2ccc3nccn3c2)S1. The number of hydrogen-bond acceptors (Lipinski definition) is 4. The fourth-order valence-electron chi connectivity index (χ4n) is 1.60. The molecule has 3 heterocycles. The van der Waals surface area contributed by atoms with Crippen LogP contribution in [0.4, 0.5) is 4.79 Å². The maximum absolute atomic E-state index is 11.4. The maximum Gasteiger partial charge on any atom is 0.290 e. The van der Waals surface area contributed by atoms with Crippen LogP contribution in [0.2, 0.25) is 0 Å². The van der Waals surface area contributed by atoms with Crippen molar-refractivity contribution >= 4 is 34.6 Å². The largest absolute Gasteiger partial charge is 0.307 e. The van der Waals surface area contributed by atoms with Gasteiger partial charge in [0.2, 0.25) is 0 Å². The average molecular weight is 245 g/mol. The van der Waals surface area contributed by atoms with Gasteiger partial charge in [0, 0.05) is 18.6 Å². The Morgan fingerprint density at radius 2 is 2.24 bits per heavy atom. The van der Waals surface area contributed by atoms with Gasteiger partial charge in [0.05, 0.1) is 4.91 Å². The number of amides is 2. The molecule has 1 N–H and O–H groups in total. The molecular formula is C11H7N3O2S. The van der Waals surface area contributed by atoms with Crippen molar-refractivity contribution in [2.45, 2.75) is 0 Å². The fourth-order valence-corrected chi connectivity index (χ4v) is 2.28. The summed E-state index contributed by atoms with van der Waals surface area (Å²) in [6.07, 6.45) is 7.06. The van der Waals surface area contributed by atoms with E-state index < -0.39 is 0 Å². The molecule has 0 unspecified atom stereocenters. The minimum atomic E-state index is -0.342. The Morgan fingerprint density at radius 3 is 3.00 bits per heavy atom. The molecule has 2 aromatic rings. The molecule has 84 valence electrons. The summed E-state index contributed by atoms with van der Waals surface area (Å²) in [6.45, 7) is 0. The minimum absolute atomic E-state index is 0.329. The lowest BCUT2D eigenvalue weighted by atomic mass is 10.2. The van der Waals surface area contributed by atoms with Crippen LogP contribution in [0.1, 0.15) is 5.56 Å². The van der Waals surface area contributed by atoms with Crippen LogP contribution in [0.5, 0.6) is 0 Å². The molecular weight excluding hydrogens is 238 g/mol. The molecule has 0 bridgehead atoms. The number of rotatable bonds is 1. The van der Waals surface area contributed by atoms with Crippen molar-refractivity contribution in [2.24, 2.45) is 0 Å². The molecule has 1 fully saturated rings. The Morgan fingerprint density at radius 1 is 1.35 bits per heavy atom. The van der Waals surface area contributed by atoms with Crippen LogP contribution in [0.15, 0.2) is 35.6 Å². The number of carbonyl (C=O) groups excluding carboxylic acids is 2. The number of nitrogens with zero attached hydrogens (tertiary/aromatic N) is 2. The zero-order valence-corrected chi connectivity index (χ0v) is 9.40. The van der Waals surface area contributed by atoms with Gasteiger partial charge in [-0.3, -0.25) is 14.9 Å². The molecule has 1 aliphatic rings. The minimum Gasteiger partial charge on any atom is -0.307 e. The number of aromatic nitrogens is 2. The molecule has 0 aromatic carbocycles. The predicted octanol–water partition coefficient (Wildman–Crippen LogP) is 1.66. The van der Waals surface area contributed by atoms with E-state index in [0.29, 0.717) is 4.91 Å². The van der Waals surface area contributed by atoms with Crippen molar-refractivity contribution < 1.29 is 9.59 Å². The molecule has 2 amide bonds.